The van der Waals surface area contributed by atoms with Crippen LogP contribution in [-0.2, 0) is 11.8 Å². The fourth-order valence-corrected chi connectivity index (χ4v) is 5.80. The zero-order valence-electron chi connectivity index (χ0n) is 10.7. The van der Waals surface area contributed by atoms with Gasteiger partial charge in [-0.25, -0.2) is 0 Å². The second kappa shape index (κ2) is 3.12. The molecule has 0 atom stereocenters. The highest BCUT2D eigenvalue weighted by atomic mass is 16.5. The van der Waals surface area contributed by atoms with E-state index in [1.807, 2.05) is 0 Å². The highest BCUT2D eigenvalue weighted by Crippen LogP contribution is 2.61. The third-order valence-electron chi connectivity index (χ3n) is 5.99. The van der Waals surface area contributed by atoms with Crippen LogP contribution in [0.3, 0.4) is 0 Å². The molecule has 96 valence electrons. The Balaban J connectivity index is 1.62. The predicted molar refractivity (Wildman–Crippen MR) is 68.5 cm³/mol. The monoisotopic (exact) mass is 244 g/mol. The van der Waals surface area contributed by atoms with Crippen molar-refractivity contribution >= 4 is 5.88 Å². The van der Waals surface area contributed by atoms with E-state index in [4.69, 9.17) is 4.52 Å². The number of aromatic nitrogens is 1. The number of hydrogen-bond donors (Lipinski definition) is 1. The molecule has 2 heterocycles. The second-order valence-corrected chi connectivity index (χ2v) is 7.21. The third-order valence-corrected chi connectivity index (χ3v) is 5.99. The molecule has 5 aliphatic rings. The predicted octanol–water partition coefficient (Wildman–Crippen LogP) is 3.11. The van der Waals surface area contributed by atoms with Crippen molar-refractivity contribution in [2.24, 2.45) is 17.8 Å². The Morgan fingerprint density at radius 3 is 2.39 bits per heavy atom. The molecule has 1 aromatic heterocycles. The van der Waals surface area contributed by atoms with Crippen LogP contribution in [0.2, 0.25) is 0 Å². The maximum absolute atomic E-state index is 5.54. The van der Waals surface area contributed by atoms with Crippen LogP contribution in [-0.4, -0.2) is 11.7 Å². The number of nitrogens with one attached hydrogen (secondary N) is 1. The molecule has 0 spiro atoms. The molecular formula is C15H20N2O. The Morgan fingerprint density at radius 2 is 1.72 bits per heavy atom. The van der Waals surface area contributed by atoms with Crippen LogP contribution in [0.1, 0.15) is 49.8 Å². The number of fused-ring (bicyclic) bond motifs is 1. The molecule has 0 radical (unpaired) electrons. The average Bonchev–Trinajstić information content (AvgIpc) is 2.87. The minimum atomic E-state index is 0.401. The SMILES string of the molecule is C1Cc2c(C34CC5CC(CC(C5)C3)C4)noc2N1. The van der Waals surface area contributed by atoms with E-state index < -0.39 is 0 Å². The van der Waals surface area contributed by atoms with Gasteiger partial charge in [-0.1, -0.05) is 5.16 Å². The molecule has 1 N–H and O–H groups in total. The van der Waals surface area contributed by atoms with Crippen LogP contribution < -0.4 is 5.32 Å². The van der Waals surface area contributed by atoms with Gasteiger partial charge in [0.15, 0.2) is 0 Å². The lowest BCUT2D eigenvalue weighted by atomic mass is 9.48. The summed E-state index contributed by atoms with van der Waals surface area (Å²) in [6.07, 6.45) is 9.77. The molecule has 0 saturated heterocycles. The van der Waals surface area contributed by atoms with Gasteiger partial charge in [0, 0.05) is 17.5 Å². The van der Waals surface area contributed by atoms with Crippen molar-refractivity contribution in [3.8, 4) is 0 Å². The van der Waals surface area contributed by atoms with Crippen LogP contribution in [0.25, 0.3) is 0 Å². The molecule has 4 fully saturated rings. The summed E-state index contributed by atoms with van der Waals surface area (Å²) in [5.74, 6) is 3.93. The van der Waals surface area contributed by atoms with Gasteiger partial charge >= 0.3 is 0 Å². The molecule has 0 unspecified atom stereocenters. The normalized spacial score (nSPS) is 44.1. The zero-order valence-corrected chi connectivity index (χ0v) is 10.7. The quantitative estimate of drug-likeness (QED) is 0.825. The maximum Gasteiger partial charge on any atom is 0.228 e. The van der Waals surface area contributed by atoms with Gasteiger partial charge in [-0.15, -0.1) is 0 Å². The first-order valence-corrected chi connectivity index (χ1v) is 7.55. The number of anilines is 1. The summed E-state index contributed by atoms with van der Waals surface area (Å²) in [5, 5.41) is 7.81. The van der Waals surface area contributed by atoms with Crippen LogP contribution >= 0.6 is 0 Å². The summed E-state index contributed by atoms with van der Waals surface area (Å²) in [4.78, 5) is 0. The van der Waals surface area contributed by atoms with Gasteiger partial charge in [-0.3, -0.25) is 0 Å². The van der Waals surface area contributed by atoms with Crippen molar-refractivity contribution in [1.29, 1.82) is 0 Å². The molecule has 1 aliphatic heterocycles. The smallest absolute Gasteiger partial charge is 0.228 e. The van der Waals surface area contributed by atoms with Gasteiger partial charge in [0.25, 0.3) is 0 Å². The highest BCUT2D eigenvalue weighted by molar-refractivity contribution is 5.51. The van der Waals surface area contributed by atoms with E-state index in [1.165, 1.54) is 49.8 Å². The van der Waals surface area contributed by atoms with Crippen LogP contribution in [0.5, 0.6) is 0 Å². The van der Waals surface area contributed by atoms with E-state index in [-0.39, 0.29) is 0 Å². The lowest BCUT2D eigenvalue weighted by Crippen LogP contribution is -2.49. The Bertz CT molecular complexity index is 469. The number of rotatable bonds is 1. The Kier molecular flexibility index (Phi) is 1.71. The lowest BCUT2D eigenvalue weighted by Gasteiger charge is -2.56. The molecule has 1 aromatic rings. The first kappa shape index (κ1) is 9.88. The molecule has 4 aliphatic carbocycles. The van der Waals surface area contributed by atoms with E-state index in [1.54, 1.807) is 0 Å². The summed E-state index contributed by atoms with van der Waals surface area (Å²) < 4.78 is 5.54. The second-order valence-electron chi connectivity index (χ2n) is 7.21. The van der Waals surface area contributed by atoms with Gasteiger partial charge in [0.1, 0.15) is 0 Å². The Morgan fingerprint density at radius 1 is 1.06 bits per heavy atom. The number of hydrogen-bond acceptors (Lipinski definition) is 3. The molecule has 18 heavy (non-hydrogen) atoms. The molecule has 3 nitrogen and oxygen atoms in total. The fraction of sp³-hybridized carbons (Fsp3) is 0.800. The standard InChI is InChI=1S/C15H20N2O/c1-2-16-14-12(1)13(17-18-14)15-6-9-3-10(7-15)5-11(4-9)8-15/h9-11,16H,1-8H2. The number of nitrogens with zero attached hydrogens (tertiary/aromatic N) is 1. The molecule has 6 rings (SSSR count). The van der Waals surface area contributed by atoms with Crippen LogP contribution in [0, 0.1) is 17.8 Å². The fourth-order valence-electron chi connectivity index (χ4n) is 5.80. The van der Waals surface area contributed by atoms with Crippen molar-refractivity contribution in [3.63, 3.8) is 0 Å². The summed E-state index contributed by atoms with van der Waals surface area (Å²) >= 11 is 0. The third kappa shape index (κ3) is 1.13. The molecule has 0 aromatic carbocycles. The largest absolute Gasteiger partial charge is 0.353 e. The average molecular weight is 244 g/mol. The van der Waals surface area contributed by atoms with Gasteiger partial charge in [-0.2, -0.15) is 0 Å². The minimum absolute atomic E-state index is 0.401. The summed E-state index contributed by atoms with van der Waals surface area (Å²) in [5.41, 5.74) is 3.16. The Labute approximate surface area is 107 Å². The van der Waals surface area contributed by atoms with Gasteiger partial charge in [-0.05, 0) is 62.7 Å². The van der Waals surface area contributed by atoms with Crippen molar-refractivity contribution in [3.05, 3.63) is 11.3 Å². The van der Waals surface area contributed by atoms with Crippen molar-refractivity contribution in [1.82, 2.24) is 5.16 Å². The molecule has 3 heteroatoms. The first-order chi connectivity index (χ1) is 8.82. The van der Waals surface area contributed by atoms with Crippen molar-refractivity contribution in [2.45, 2.75) is 50.4 Å². The van der Waals surface area contributed by atoms with Gasteiger partial charge in [0.05, 0.1) is 5.69 Å². The highest BCUT2D eigenvalue weighted by Gasteiger charge is 2.54. The minimum Gasteiger partial charge on any atom is -0.353 e. The van der Waals surface area contributed by atoms with Crippen LogP contribution in [0.4, 0.5) is 5.88 Å². The summed E-state index contributed by atoms with van der Waals surface area (Å²) in [7, 11) is 0. The summed E-state index contributed by atoms with van der Waals surface area (Å²) in [6, 6.07) is 0. The van der Waals surface area contributed by atoms with Crippen molar-refractivity contribution < 1.29 is 4.52 Å². The molecule has 4 bridgehead atoms. The van der Waals surface area contributed by atoms with E-state index in [0.717, 1.165) is 36.6 Å². The zero-order chi connectivity index (χ0) is 11.7. The lowest BCUT2D eigenvalue weighted by molar-refractivity contribution is -0.00881. The maximum atomic E-state index is 5.54. The van der Waals surface area contributed by atoms with Gasteiger partial charge < -0.3 is 9.84 Å². The van der Waals surface area contributed by atoms with E-state index in [2.05, 4.69) is 10.5 Å². The van der Waals surface area contributed by atoms with E-state index in [0.29, 0.717) is 5.41 Å². The van der Waals surface area contributed by atoms with Crippen LogP contribution in [0.15, 0.2) is 4.52 Å². The van der Waals surface area contributed by atoms with E-state index in [9.17, 15) is 0 Å². The van der Waals surface area contributed by atoms with Crippen molar-refractivity contribution in [2.75, 3.05) is 11.9 Å². The molecule has 4 saturated carbocycles. The topological polar surface area (TPSA) is 38.1 Å². The Hall–Kier alpha value is -0.990. The molecular weight excluding hydrogens is 224 g/mol. The summed E-state index contributed by atoms with van der Waals surface area (Å²) in [6.45, 7) is 1.04. The van der Waals surface area contributed by atoms with Gasteiger partial charge in [0.2, 0.25) is 5.88 Å². The first-order valence-electron chi connectivity index (χ1n) is 7.55. The molecule has 0 amide bonds. The van der Waals surface area contributed by atoms with E-state index >= 15 is 0 Å².